The van der Waals surface area contributed by atoms with E-state index in [1.807, 2.05) is 39.0 Å². The van der Waals surface area contributed by atoms with E-state index < -0.39 is 15.9 Å². The van der Waals surface area contributed by atoms with Crippen LogP contribution >= 0.6 is 11.6 Å². The molecule has 0 saturated heterocycles. The number of sulfonamides is 1. The lowest BCUT2D eigenvalue weighted by Gasteiger charge is -2.24. The summed E-state index contributed by atoms with van der Waals surface area (Å²) < 4.78 is 33.5. The second kappa shape index (κ2) is 10.7. The first-order chi connectivity index (χ1) is 15.7. The Bertz CT molecular complexity index is 1210. The maximum absolute atomic E-state index is 13.3. The van der Waals surface area contributed by atoms with Gasteiger partial charge >= 0.3 is 0 Å². The summed E-state index contributed by atoms with van der Waals surface area (Å²) in [6.07, 6.45) is 0. The average molecular weight is 487 g/mol. The number of aryl methyl sites for hydroxylation is 2. The molecule has 3 aromatic rings. The number of nitrogens with one attached hydrogen (secondary N) is 1. The smallest absolute Gasteiger partial charge is 0.264 e. The number of carbonyl (C=O) groups excluding carboxylic acids is 1. The van der Waals surface area contributed by atoms with Crippen molar-refractivity contribution in [3.63, 3.8) is 0 Å². The first-order valence-electron chi connectivity index (χ1n) is 10.5. The summed E-state index contributed by atoms with van der Waals surface area (Å²) in [7, 11) is -3.98. The molecule has 0 fully saturated rings. The zero-order valence-corrected chi connectivity index (χ0v) is 20.4. The van der Waals surface area contributed by atoms with E-state index in [0.717, 1.165) is 26.7 Å². The van der Waals surface area contributed by atoms with Crippen LogP contribution in [0.25, 0.3) is 0 Å². The number of benzene rings is 3. The highest BCUT2D eigenvalue weighted by atomic mass is 35.5. The largest absolute Gasteiger partial charge is 0.491 e. The highest BCUT2D eigenvalue weighted by molar-refractivity contribution is 7.92. The van der Waals surface area contributed by atoms with Crippen molar-refractivity contribution in [1.29, 1.82) is 0 Å². The highest BCUT2D eigenvalue weighted by Crippen LogP contribution is 2.25. The molecule has 0 spiro atoms. The van der Waals surface area contributed by atoms with Gasteiger partial charge in [-0.25, -0.2) is 8.42 Å². The van der Waals surface area contributed by atoms with E-state index in [-0.39, 0.29) is 24.6 Å². The van der Waals surface area contributed by atoms with Gasteiger partial charge in [0.1, 0.15) is 18.9 Å². The Balaban J connectivity index is 1.70. The van der Waals surface area contributed by atoms with Crippen LogP contribution in [-0.2, 0) is 14.8 Å². The molecule has 0 aliphatic rings. The van der Waals surface area contributed by atoms with Gasteiger partial charge in [0, 0.05) is 5.02 Å². The molecule has 1 amide bonds. The minimum atomic E-state index is -3.98. The van der Waals surface area contributed by atoms with Crippen molar-refractivity contribution in [2.45, 2.75) is 25.7 Å². The van der Waals surface area contributed by atoms with Gasteiger partial charge in [-0.1, -0.05) is 41.4 Å². The first-order valence-corrected chi connectivity index (χ1v) is 12.3. The molecule has 0 heterocycles. The maximum Gasteiger partial charge on any atom is 0.264 e. The molecule has 0 aliphatic heterocycles. The van der Waals surface area contributed by atoms with Crippen molar-refractivity contribution >= 4 is 33.2 Å². The van der Waals surface area contributed by atoms with Crippen LogP contribution in [-0.4, -0.2) is 34.0 Å². The summed E-state index contributed by atoms with van der Waals surface area (Å²) in [5, 5.41) is 3.17. The number of anilines is 1. The van der Waals surface area contributed by atoms with Crippen molar-refractivity contribution in [1.82, 2.24) is 5.32 Å². The molecule has 0 unspecified atom stereocenters. The third-order valence-electron chi connectivity index (χ3n) is 5.25. The Kier molecular flexibility index (Phi) is 8.00. The van der Waals surface area contributed by atoms with Crippen molar-refractivity contribution in [3.8, 4) is 5.75 Å². The van der Waals surface area contributed by atoms with Crippen LogP contribution in [0.4, 0.5) is 5.69 Å². The summed E-state index contributed by atoms with van der Waals surface area (Å²) in [5.74, 6) is 0.327. The maximum atomic E-state index is 13.3. The first kappa shape index (κ1) is 24.6. The average Bonchev–Trinajstić information content (AvgIpc) is 2.78. The molecular formula is C25H27ClN2O4S. The summed E-state index contributed by atoms with van der Waals surface area (Å²) >= 11 is 5.91. The third kappa shape index (κ3) is 6.27. The molecule has 1 N–H and O–H groups in total. The Morgan fingerprint density at radius 3 is 2.30 bits per heavy atom. The van der Waals surface area contributed by atoms with Gasteiger partial charge in [-0.2, -0.15) is 0 Å². The van der Waals surface area contributed by atoms with Crippen LogP contribution in [0.15, 0.2) is 71.6 Å². The van der Waals surface area contributed by atoms with Gasteiger partial charge in [0.2, 0.25) is 5.91 Å². The molecule has 8 heteroatoms. The summed E-state index contributed by atoms with van der Waals surface area (Å²) in [5.41, 5.74) is 3.55. The fraction of sp³-hybridized carbons (Fsp3) is 0.240. The molecule has 0 saturated carbocycles. The lowest BCUT2D eigenvalue weighted by molar-refractivity contribution is -0.119. The zero-order chi connectivity index (χ0) is 24.0. The number of hydrogen-bond acceptors (Lipinski definition) is 4. The lowest BCUT2D eigenvalue weighted by atomic mass is 10.1. The number of rotatable bonds is 9. The number of amides is 1. The van der Waals surface area contributed by atoms with Crippen LogP contribution in [0.3, 0.4) is 0 Å². The van der Waals surface area contributed by atoms with Gasteiger partial charge in [-0.3, -0.25) is 9.10 Å². The van der Waals surface area contributed by atoms with E-state index in [1.165, 1.54) is 24.3 Å². The monoisotopic (exact) mass is 486 g/mol. The Labute approximate surface area is 200 Å². The summed E-state index contributed by atoms with van der Waals surface area (Å²) in [6, 6.07) is 18.6. The van der Waals surface area contributed by atoms with Gasteiger partial charge in [-0.15, -0.1) is 0 Å². The van der Waals surface area contributed by atoms with Gasteiger partial charge in [0.15, 0.2) is 0 Å². The molecule has 0 aliphatic carbocycles. The molecule has 0 aromatic heterocycles. The van der Waals surface area contributed by atoms with Crippen molar-refractivity contribution in [3.05, 3.63) is 88.4 Å². The molecule has 33 heavy (non-hydrogen) atoms. The van der Waals surface area contributed by atoms with Crippen LogP contribution in [0.5, 0.6) is 5.75 Å². The number of hydrogen-bond donors (Lipinski definition) is 1. The van der Waals surface area contributed by atoms with Gasteiger partial charge in [0.05, 0.1) is 17.1 Å². The zero-order valence-electron chi connectivity index (χ0n) is 18.8. The van der Waals surface area contributed by atoms with Gasteiger partial charge in [-0.05, 0) is 74.4 Å². The Morgan fingerprint density at radius 1 is 0.970 bits per heavy atom. The molecule has 0 bridgehead atoms. The molecule has 0 atom stereocenters. The molecule has 6 nitrogen and oxygen atoms in total. The molecule has 3 rings (SSSR count). The predicted molar refractivity (Wildman–Crippen MR) is 132 cm³/mol. The van der Waals surface area contributed by atoms with Crippen molar-refractivity contribution in [2.24, 2.45) is 0 Å². The highest BCUT2D eigenvalue weighted by Gasteiger charge is 2.27. The van der Waals surface area contributed by atoms with E-state index >= 15 is 0 Å². The van der Waals surface area contributed by atoms with E-state index in [0.29, 0.717) is 10.7 Å². The minimum absolute atomic E-state index is 0.0542. The second-order valence-electron chi connectivity index (χ2n) is 7.70. The second-order valence-corrected chi connectivity index (χ2v) is 10.00. The van der Waals surface area contributed by atoms with Crippen LogP contribution in [0, 0.1) is 20.8 Å². The van der Waals surface area contributed by atoms with Crippen LogP contribution in [0.2, 0.25) is 5.02 Å². The number of nitrogens with zero attached hydrogens (tertiary/aromatic N) is 1. The lowest BCUT2D eigenvalue weighted by Crippen LogP contribution is -2.41. The van der Waals surface area contributed by atoms with E-state index in [1.54, 1.807) is 24.3 Å². The van der Waals surface area contributed by atoms with Gasteiger partial charge < -0.3 is 10.1 Å². The van der Waals surface area contributed by atoms with Crippen LogP contribution < -0.4 is 14.4 Å². The fourth-order valence-electron chi connectivity index (χ4n) is 3.18. The summed E-state index contributed by atoms with van der Waals surface area (Å²) in [6.45, 7) is 6.04. The topological polar surface area (TPSA) is 75.7 Å². The standard InChI is InChI=1S/C25H27ClN2O4S/c1-18-7-11-22(12-8-18)28(33(30,31)23-13-9-21(26)10-14-23)17-25(29)27-15-16-32-24-6-4-5-19(2)20(24)3/h4-14H,15-17H2,1-3H3,(H,27,29). The SMILES string of the molecule is Cc1ccc(N(CC(=O)NCCOc2cccc(C)c2C)S(=O)(=O)c2ccc(Cl)cc2)cc1. The molecule has 174 valence electrons. The number of carbonyl (C=O) groups is 1. The molecule has 0 radical (unpaired) electrons. The van der Waals surface area contributed by atoms with E-state index in [2.05, 4.69) is 5.32 Å². The fourth-order valence-corrected chi connectivity index (χ4v) is 4.73. The minimum Gasteiger partial charge on any atom is -0.491 e. The quantitative estimate of drug-likeness (QED) is 0.446. The predicted octanol–water partition coefficient (Wildman–Crippen LogP) is 4.66. The normalized spacial score (nSPS) is 11.2. The van der Waals surface area contributed by atoms with Crippen molar-refractivity contribution in [2.75, 3.05) is 24.0 Å². The van der Waals surface area contributed by atoms with E-state index in [9.17, 15) is 13.2 Å². The Morgan fingerprint density at radius 2 is 1.64 bits per heavy atom. The van der Waals surface area contributed by atoms with Crippen molar-refractivity contribution < 1.29 is 17.9 Å². The number of ether oxygens (including phenoxy) is 1. The summed E-state index contributed by atoms with van der Waals surface area (Å²) in [4.78, 5) is 12.7. The molecule has 3 aromatic carbocycles. The number of halogens is 1. The third-order valence-corrected chi connectivity index (χ3v) is 7.29. The van der Waals surface area contributed by atoms with Crippen LogP contribution in [0.1, 0.15) is 16.7 Å². The Hall–Kier alpha value is -3.03. The molecular weight excluding hydrogens is 460 g/mol. The van der Waals surface area contributed by atoms with E-state index in [4.69, 9.17) is 16.3 Å². The van der Waals surface area contributed by atoms with Gasteiger partial charge in [0.25, 0.3) is 10.0 Å².